The first-order valence-electron chi connectivity index (χ1n) is 10.0. The maximum Gasteiger partial charge on any atom is 0.257 e. The third-order valence-electron chi connectivity index (χ3n) is 5.69. The summed E-state index contributed by atoms with van der Waals surface area (Å²) in [5.41, 5.74) is 4.24. The zero-order chi connectivity index (χ0) is 20.5. The fourth-order valence-electron chi connectivity index (χ4n) is 4.12. The quantitative estimate of drug-likeness (QED) is 0.628. The number of nitrogens with one attached hydrogen (secondary N) is 2. The maximum absolute atomic E-state index is 14.1. The molecule has 5 nitrogen and oxygen atoms in total. The molecule has 2 aliphatic heterocycles. The molecule has 3 heterocycles. The van der Waals surface area contributed by atoms with Gasteiger partial charge in [-0.25, -0.2) is 4.39 Å². The van der Waals surface area contributed by atoms with E-state index < -0.39 is 5.82 Å². The zero-order valence-corrected chi connectivity index (χ0v) is 16.3. The molecule has 150 valence electrons. The third kappa shape index (κ3) is 3.41. The average molecular weight is 400 g/mol. The molecule has 1 amide bonds. The maximum atomic E-state index is 14.1. The van der Waals surface area contributed by atoms with E-state index in [1.807, 2.05) is 30.5 Å². The number of nitrogens with zero attached hydrogens (tertiary/aromatic N) is 2. The number of benzene rings is 2. The molecule has 2 N–H and O–H groups in total. The molecule has 1 saturated heterocycles. The van der Waals surface area contributed by atoms with E-state index in [1.54, 1.807) is 18.3 Å². The zero-order valence-electron chi connectivity index (χ0n) is 16.3. The second-order valence-electron chi connectivity index (χ2n) is 7.55. The Morgan fingerprint density at radius 3 is 2.77 bits per heavy atom. The first-order valence-corrected chi connectivity index (χ1v) is 10.0. The van der Waals surface area contributed by atoms with Gasteiger partial charge in [0.05, 0.1) is 11.3 Å². The standard InChI is InChI=1S/C24H21FN4O/c25-20-4-3-6-22-23(20)19(24(30)28-22)14-27-17-7-9-18(10-8-17)29-13-11-16(15-29)21-5-1-2-12-26-21/h1-10,12,14,16,27H,11,13,15H2,(H,28,30). The van der Waals surface area contributed by atoms with Crippen molar-refractivity contribution in [2.45, 2.75) is 12.3 Å². The van der Waals surface area contributed by atoms with Gasteiger partial charge in [0, 0.05) is 54.0 Å². The van der Waals surface area contributed by atoms with Gasteiger partial charge < -0.3 is 15.5 Å². The molecule has 6 heteroatoms. The molecule has 0 radical (unpaired) electrons. The van der Waals surface area contributed by atoms with Crippen molar-refractivity contribution in [2.24, 2.45) is 0 Å². The normalized spacial score (nSPS) is 19.1. The van der Waals surface area contributed by atoms with E-state index in [9.17, 15) is 9.18 Å². The Balaban J connectivity index is 1.28. The van der Waals surface area contributed by atoms with Gasteiger partial charge >= 0.3 is 0 Å². The highest BCUT2D eigenvalue weighted by Gasteiger charge is 2.27. The Bertz CT molecular complexity index is 1110. The number of rotatable bonds is 4. The highest BCUT2D eigenvalue weighted by atomic mass is 19.1. The molecule has 1 unspecified atom stereocenters. The second kappa shape index (κ2) is 7.63. The lowest BCUT2D eigenvalue weighted by atomic mass is 10.0. The second-order valence-corrected chi connectivity index (χ2v) is 7.55. The van der Waals surface area contributed by atoms with Crippen LogP contribution in [0, 0.1) is 5.82 Å². The topological polar surface area (TPSA) is 57.3 Å². The number of anilines is 3. The molecule has 2 aromatic carbocycles. The molecular weight excluding hydrogens is 379 g/mol. The summed E-state index contributed by atoms with van der Waals surface area (Å²) in [5, 5.41) is 5.81. The summed E-state index contributed by atoms with van der Waals surface area (Å²) >= 11 is 0. The number of carbonyl (C=O) groups is 1. The van der Waals surface area contributed by atoms with Gasteiger partial charge in [0.25, 0.3) is 5.91 Å². The summed E-state index contributed by atoms with van der Waals surface area (Å²) in [6.45, 7) is 1.94. The monoisotopic (exact) mass is 400 g/mol. The molecule has 30 heavy (non-hydrogen) atoms. The highest BCUT2D eigenvalue weighted by Crippen LogP contribution is 2.34. The van der Waals surface area contributed by atoms with Crippen LogP contribution >= 0.6 is 0 Å². The van der Waals surface area contributed by atoms with Gasteiger partial charge in [-0.3, -0.25) is 9.78 Å². The van der Waals surface area contributed by atoms with Crippen molar-refractivity contribution in [3.63, 3.8) is 0 Å². The molecule has 2 aliphatic rings. The summed E-state index contributed by atoms with van der Waals surface area (Å²) in [5.74, 6) is -0.271. The van der Waals surface area contributed by atoms with E-state index in [1.165, 1.54) is 6.07 Å². The van der Waals surface area contributed by atoms with Crippen LogP contribution in [-0.4, -0.2) is 24.0 Å². The average Bonchev–Trinajstić information content (AvgIpc) is 3.39. The van der Waals surface area contributed by atoms with Crippen molar-refractivity contribution >= 4 is 28.5 Å². The Hall–Kier alpha value is -3.67. The Kier molecular flexibility index (Phi) is 4.67. The van der Waals surface area contributed by atoms with E-state index in [2.05, 4.69) is 38.7 Å². The molecule has 0 spiro atoms. The number of aromatic nitrogens is 1. The molecule has 0 bridgehead atoms. The van der Waals surface area contributed by atoms with Gasteiger partial charge in [0.1, 0.15) is 5.82 Å². The van der Waals surface area contributed by atoms with Gasteiger partial charge in [-0.2, -0.15) is 0 Å². The van der Waals surface area contributed by atoms with Crippen LogP contribution in [0.1, 0.15) is 23.6 Å². The van der Waals surface area contributed by atoms with Crippen molar-refractivity contribution in [3.05, 3.63) is 90.1 Å². The van der Waals surface area contributed by atoms with Crippen LogP contribution in [0.5, 0.6) is 0 Å². The predicted molar refractivity (Wildman–Crippen MR) is 117 cm³/mol. The van der Waals surface area contributed by atoms with Gasteiger partial charge in [-0.05, 0) is 55.0 Å². The number of hydrogen-bond acceptors (Lipinski definition) is 4. The molecule has 3 aromatic rings. The first kappa shape index (κ1) is 18.4. The SMILES string of the molecule is O=C1Nc2cccc(F)c2C1=CNc1ccc(N2CCC(c3ccccn3)C2)cc1. The highest BCUT2D eigenvalue weighted by molar-refractivity contribution is 6.31. The third-order valence-corrected chi connectivity index (χ3v) is 5.69. The number of hydrogen-bond donors (Lipinski definition) is 2. The van der Waals surface area contributed by atoms with Crippen LogP contribution in [0.2, 0.25) is 0 Å². The van der Waals surface area contributed by atoms with Gasteiger partial charge in [0.2, 0.25) is 0 Å². The Labute approximate surface area is 174 Å². The van der Waals surface area contributed by atoms with Gasteiger partial charge in [-0.1, -0.05) is 12.1 Å². The molecule has 0 saturated carbocycles. The van der Waals surface area contributed by atoms with E-state index >= 15 is 0 Å². The van der Waals surface area contributed by atoms with E-state index in [0.29, 0.717) is 22.7 Å². The molecule has 5 rings (SSSR count). The number of carbonyl (C=O) groups excluding carboxylic acids is 1. The minimum Gasteiger partial charge on any atom is -0.371 e. The Morgan fingerprint density at radius 2 is 1.97 bits per heavy atom. The summed E-state index contributed by atoms with van der Waals surface area (Å²) in [6.07, 6.45) is 4.50. The van der Waals surface area contributed by atoms with Crippen LogP contribution < -0.4 is 15.5 Å². The van der Waals surface area contributed by atoms with Crippen LogP contribution in [0.3, 0.4) is 0 Å². The number of amides is 1. The van der Waals surface area contributed by atoms with Crippen LogP contribution in [0.15, 0.2) is 73.1 Å². The minimum atomic E-state index is -0.411. The molecule has 1 aromatic heterocycles. The summed E-state index contributed by atoms with van der Waals surface area (Å²) in [7, 11) is 0. The lowest BCUT2D eigenvalue weighted by molar-refractivity contribution is -0.110. The molecule has 1 fully saturated rings. The Morgan fingerprint density at radius 1 is 1.10 bits per heavy atom. The first-order chi connectivity index (χ1) is 14.7. The van der Waals surface area contributed by atoms with Crippen molar-refractivity contribution in [3.8, 4) is 0 Å². The van der Waals surface area contributed by atoms with Gasteiger partial charge in [-0.15, -0.1) is 0 Å². The van der Waals surface area contributed by atoms with E-state index in [4.69, 9.17) is 0 Å². The number of fused-ring (bicyclic) bond motifs is 1. The minimum absolute atomic E-state index is 0.296. The lowest BCUT2D eigenvalue weighted by Gasteiger charge is -2.19. The summed E-state index contributed by atoms with van der Waals surface area (Å²) < 4.78 is 14.1. The fourth-order valence-corrected chi connectivity index (χ4v) is 4.12. The lowest BCUT2D eigenvalue weighted by Crippen LogP contribution is -2.19. The fraction of sp³-hybridized carbons (Fsp3) is 0.167. The molecule has 0 aliphatic carbocycles. The van der Waals surface area contributed by atoms with Crippen molar-refractivity contribution in [2.75, 3.05) is 28.6 Å². The van der Waals surface area contributed by atoms with Gasteiger partial charge in [0.15, 0.2) is 0 Å². The van der Waals surface area contributed by atoms with Crippen molar-refractivity contribution < 1.29 is 9.18 Å². The van der Waals surface area contributed by atoms with Crippen molar-refractivity contribution in [1.29, 1.82) is 0 Å². The smallest absolute Gasteiger partial charge is 0.257 e. The summed E-state index contributed by atoms with van der Waals surface area (Å²) in [6, 6.07) is 18.8. The van der Waals surface area contributed by atoms with Crippen LogP contribution in [-0.2, 0) is 4.79 Å². The van der Waals surface area contributed by atoms with Crippen molar-refractivity contribution in [1.82, 2.24) is 4.98 Å². The van der Waals surface area contributed by atoms with E-state index in [-0.39, 0.29) is 5.91 Å². The van der Waals surface area contributed by atoms with Crippen LogP contribution in [0.4, 0.5) is 21.5 Å². The molecular formula is C24H21FN4O. The summed E-state index contributed by atoms with van der Waals surface area (Å²) in [4.78, 5) is 19.0. The van der Waals surface area contributed by atoms with Crippen LogP contribution in [0.25, 0.3) is 5.57 Å². The number of pyridine rings is 1. The van der Waals surface area contributed by atoms with E-state index in [0.717, 1.165) is 36.6 Å². The number of halogens is 1. The predicted octanol–water partition coefficient (Wildman–Crippen LogP) is 4.62. The largest absolute Gasteiger partial charge is 0.371 e. The molecule has 1 atom stereocenters.